The number of hydrogen-bond donors (Lipinski definition) is 2. The smallest absolute Gasteiger partial charge is 0.342 e. The summed E-state index contributed by atoms with van der Waals surface area (Å²) in [6.45, 7) is 1.40. The predicted molar refractivity (Wildman–Crippen MR) is 109 cm³/mol. The Labute approximate surface area is 168 Å². The summed E-state index contributed by atoms with van der Waals surface area (Å²) in [4.78, 5) is 26.6. The fourth-order valence-electron chi connectivity index (χ4n) is 2.83. The normalized spacial score (nSPS) is 10.4. The minimum absolute atomic E-state index is 0.199. The van der Waals surface area contributed by atoms with Gasteiger partial charge in [0.2, 0.25) is 0 Å². The van der Waals surface area contributed by atoms with Crippen molar-refractivity contribution in [3.05, 3.63) is 89.5 Å². The van der Waals surface area contributed by atoms with Gasteiger partial charge in [-0.1, -0.05) is 54.6 Å². The Morgan fingerprint density at radius 2 is 1.48 bits per heavy atom. The molecule has 0 heterocycles. The first-order valence-corrected chi connectivity index (χ1v) is 9.05. The lowest BCUT2D eigenvalue weighted by atomic mass is 10.1. The van der Waals surface area contributed by atoms with Crippen LogP contribution in [0.3, 0.4) is 0 Å². The Kier molecular flexibility index (Phi) is 6.14. The lowest BCUT2D eigenvalue weighted by Gasteiger charge is -2.23. The third-order valence-corrected chi connectivity index (χ3v) is 4.45. The molecule has 2 N–H and O–H groups in total. The quantitative estimate of drug-likeness (QED) is 0.493. The van der Waals surface area contributed by atoms with Gasteiger partial charge in [-0.25, -0.2) is 4.79 Å². The molecular weight excluding hydrogens is 370 g/mol. The highest BCUT2D eigenvalue weighted by molar-refractivity contribution is 5.98. The molecule has 3 aromatic rings. The van der Waals surface area contributed by atoms with E-state index in [2.05, 4.69) is 0 Å². The van der Waals surface area contributed by atoms with Crippen molar-refractivity contribution >= 4 is 17.6 Å². The van der Waals surface area contributed by atoms with Crippen molar-refractivity contribution in [1.29, 1.82) is 0 Å². The van der Waals surface area contributed by atoms with Gasteiger partial charge in [0.1, 0.15) is 5.56 Å². The van der Waals surface area contributed by atoms with Crippen molar-refractivity contribution in [2.75, 3.05) is 11.5 Å². The lowest BCUT2D eigenvalue weighted by Crippen LogP contribution is -2.34. The maximum absolute atomic E-state index is 12.8. The Hall–Kier alpha value is -3.80. The van der Waals surface area contributed by atoms with Gasteiger partial charge >= 0.3 is 5.97 Å². The molecule has 0 saturated heterocycles. The van der Waals surface area contributed by atoms with E-state index in [1.807, 2.05) is 48.5 Å². The first-order valence-electron chi connectivity index (χ1n) is 9.05. The number of esters is 1. The maximum Gasteiger partial charge on any atom is 0.342 e. The second-order valence-electron chi connectivity index (χ2n) is 6.50. The number of benzene rings is 3. The summed E-state index contributed by atoms with van der Waals surface area (Å²) in [5.41, 5.74) is 1.83. The summed E-state index contributed by atoms with van der Waals surface area (Å²) in [5.74, 6) is -2.25. The molecule has 0 spiro atoms. The van der Waals surface area contributed by atoms with Crippen LogP contribution in [0.4, 0.5) is 5.69 Å². The van der Waals surface area contributed by atoms with E-state index in [0.29, 0.717) is 17.8 Å². The molecule has 0 aliphatic carbocycles. The monoisotopic (exact) mass is 391 g/mol. The summed E-state index contributed by atoms with van der Waals surface area (Å²) < 4.78 is 5.10. The molecule has 0 aromatic heterocycles. The highest BCUT2D eigenvalue weighted by atomic mass is 16.5. The molecule has 0 atom stereocenters. The van der Waals surface area contributed by atoms with Crippen LogP contribution in [0.2, 0.25) is 0 Å². The van der Waals surface area contributed by atoms with Crippen molar-refractivity contribution < 1.29 is 24.5 Å². The van der Waals surface area contributed by atoms with Gasteiger partial charge in [0.25, 0.3) is 5.91 Å². The summed E-state index contributed by atoms with van der Waals surface area (Å²) in [7, 11) is 0. The highest BCUT2D eigenvalue weighted by Crippen LogP contribution is 2.32. The summed E-state index contributed by atoms with van der Waals surface area (Å²) in [6.07, 6.45) is 0. The van der Waals surface area contributed by atoms with E-state index in [0.717, 1.165) is 5.56 Å². The predicted octanol–water partition coefficient (Wildman–Crippen LogP) is 3.80. The van der Waals surface area contributed by atoms with Gasteiger partial charge in [-0.2, -0.15) is 0 Å². The molecule has 0 radical (unpaired) electrons. The number of aromatic hydroxyl groups is 2. The number of para-hydroxylation sites is 1. The Balaban J connectivity index is 1.75. The summed E-state index contributed by atoms with van der Waals surface area (Å²) in [5, 5.41) is 19.7. The third-order valence-electron chi connectivity index (χ3n) is 4.45. The van der Waals surface area contributed by atoms with Gasteiger partial charge in [0.05, 0.1) is 6.54 Å². The standard InChI is InChI=1S/C23H21NO5/c1-16-12-13-19(22(27)21(16)26)23(28)29-15-20(25)24(18-10-6-3-7-11-18)14-17-8-4-2-5-9-17/h2-13,26-27H,14-15H2,1H3. The molecule has 0 bridgehead atoms. The number of hydrogen-bond acceptors (Lipinski definition) is 5. The summed E-state index contributed by atoms with van der Waals surface area (Å²) >= 11 is 0. The minimum atomic E-state index is -0.890. The van der Waals surface area contributed by atoms with Crippen LogP contribution in [0.5, 0.6) is 11.5 Å². The second kappa shape index (κ2) is 8.93. The first-order chi connectivity index (χ1) is 14.0. The van der Waals surface area contributed by atoms with Gasteiger partial charge in [-0.05, 0) is 36.2 Å². The van der Waals surface area contributed by atoms with Crippen LogP contribution in [0.1, 0.15) is 21.5 Å². The lowest BCUT2D eigenvalue weighted by molar-refractivity contribution is -0.121. The van der Waals surface area contributed by atoms with E-state index in [9.17, 15) is 19.8 Å². The fourth-order valence-corrected chi connectivity index (χ4v) is 2.83. The Morgan fingerprint density at radius 3 is 2.14 bits per heavy atom. The van der Waals surface area contributed by atoms with Crippen molar-refractivity contribution in [2.24, 2.45) is 0 Å². The number of phenolic OH excluding ortho intramolecular Hbond substituents is 2. The van der Waals surface area contributed by atoms with Crippen LogP contribution in [0.15, 0.2) is 72.8 Å². The molecule has 0 aliphatic heterocycles. The zero-order valence-corrected chi connectivity index (χ0v) is 15.9. The van der Waals surface area contributed by atoms with E-state index in [-0.39, 0.29) is 11.3 Å². The first kappa shape index (κ1) is 19.9. The molecule has 148 valence electrons. The van der Waals surface area contributed by atoms with Crippen molar-refractivity contribution in [3.63, 3.8) is 0 Å². The highest BCUT2D eigenvalue weighted by Gasteiger charge is 2.21. The molecular formula is C23H21NO5. The van der Waals surface area contributed by atoms with Crippen molar-refractivity contribution in [2.45, 2.75) is 13.5 Å². The molecule has 3 rings (SSSR count). The van der Waals surface area contributed by atoms with Crippen LogP contribution in [-0.2, 0) is 16.1 Å². The molecule has 0 saturated carbocycles. The molecule has 0 fully saturated rings. The second-order valence-corrected chi connectivity index (χ2v) is 6.50. The van der Waals surface area contributed by atoms with Crippen LogP contribution in [-0.4, -0.2) is 28.7 Å². The number of anilines is 1. The number of carbonyl (C=O) groups is 2. The zero-order chi connectivity index (χ0) is 20.8. The topological polar surface area (TPSA) is 87.1 Å². The van der Waals surface area contributed by atoms with Gasteiger partial charge in [-0.15, -0.1) is 0 Å². The number of ether oxygens (including phenoxy) is 1. The average Bonchev–Trinajstić information content (AvgIpc) is 2.75. The number of nitrogens with zero attached hydrogens (tertiary/aromatic N) is 1. The average molecular weight is 391 g/mol. The number of rotatable bonds is 6. The van der Waals surface area contributed by atoms with Crippen LogP contribution in [0.25, 0.3) is 0 Å². The molecule has 0 unspecified atom stereocenters. The van der Waals surface area contributed by atoms with E-state index in [1.54, 1.807) is 19.1 Å². The van der Waals surface area contributed by atoms with E-state index < -0.39 is 24.2 Å². The molecule has 3 aromatic carbocycles. The Bertz CT molecular complexity index is 1000. The van der Waals surface area contributed by atoms with Crippen LogP contribution >= 0.6 is 0 Å². The zero-order valence-electron chi connectivity index (χ0n) is 15.9. The molecule has 0 aliphatic rings. The van der Waals surface area contributed by atoms with E-state index >= 15 is 0 Å². The van der Waals surface area contributed by atoms with Crippen LogP contribution in [0, 0.1) is 6.92 Å². The van der Waals surface area contributed by atoms with Crippen LogP contribution < -0.4 is 4.90 Å². The van der Waals surface area contributed by atoms with E-state index in [4.69, 9.17) is 4.74 Å². The molecule has 1 amide bonds. The SMILES string of the molecule is Cc1ccc(C(=O)OCC(=O)N(Cc2ccccc2)c2ccccc2)c(O)c1O. The van der Waals surface area contributed by atoms with Crippen molar-refractivity contribution in [3.8, 4) is 11.5 Å². The maximum atomic E-state index is 12.8. The largest absolute Gasteiger partial charge is 0.504 e. The van der Waals surface area contributed by atoms with Gasteiger partial charge in [0.15, 0.2) is 18.1 Å². The minimum Gasteiger partial charge on any atom is -0.504 e. The molecule has 6 heteroatoms. The van der Waals surface area contributed by atoms with Gasteiger partial charge < -0.3 is 19.8 Å². The molecule has 29 heavy (non-hydrogen) atoms. The van der Waals surface area contributed by atoms with Gasteiger partial charge in [-0.3, -0.25) is 4.79 Å². The number of carbonyl (C=O) groups excluding carboxylic acids is 2. The number of phenols is 2. The van der Waals surface area contributed by atoms with Gasteiger partial charge in [0, 0.05) is 5.69 Å². The fraction of sp³-hybridized carbons (Fsp3) is 0.130. The Morgan fingerprint density at radius 1 is 0.862 bits per heavy atom. The summed E-state index contributed by atoms with van der Waals surface area (Å²) in [6, 6.07) is 21.4. The van der Waals surface area contributed by atoms with E-state index in [1.165, 1.54) is 17.0 Å². The number of amides is 1. The van der Waals surface area contributed by atoms with Crippen molar-refractivity contribution in [1.82, 2.24) is 0 Å². The third kappa shape index (κ3) is 4.73. The number of aryl methyl sites for hydroxylation is 1. The molecule has 6 nitrogen and oxygen atoms in total.